The Morgan fingerprint density at radius 2 is 1.81 bits per heavy atom. The Bertz CT molecular complexity index is 986. The number of aromatic carboxylic acids is 1. The standard InChI is InChI=1S/C21H22N2O4/c1-12-10-15(11-17-18(21(3,4)5)22-27-20(17)26)13(2)23(12)16-8-6-14(7-9-16)19(24)25/h6-11H,1-5H3,(H,24,25). The van der Waals surface area contributed by atoms with Gasteiger partial charge in [0.15, 0.2) is 0 Å². The van der Waals surface area contributed by atoms with Crippen molar-refractivity contribution in [1.29, 1.82) is 0 Å². The number of benzene rings is 1. The molecule has 0 saturated carbocycles. The molecule has 1 aliphatic rings. The average molecular weight is 366 g/mol. The molecule has 0 radical (unpaired) electrons. The molecule has 0 aliphatic carbocycles. The summed E-state index contributed by atoms with van der Waals surface area (Å²) in [6.45, 7) is 9.86. The van der Waals surface area contributed by atoms with E-state index in [2.05, 4.69) is 5.16 Å². The summed E-state index contributed by atoms with van der Waals surface area (Å²) in [4.78, 5) is 28.1. The molecule has 0 bridgehead atoms. The summed E-state index contributed by atoms with van der Waals surface area (Å²) in [5.74, 6) is -1.41. The largest absolute Gasteiger partial charge is 0.478 e. The van der Waals surface area contributed by atoms with E-state index in [1.807, 2.05) is 51.3 Å². The van der Waals surface area contributed by atoms with Crippen molar-refractivity contribution in [2.24, 2.45) is 10.6 Å². The Kier molecular flexibility index (Phi) is 4.51. The Morgan fingerprint density at radius 3 is 2.37 bits per heavy atom. The van der Waals surface area contributed by atoms with E-state index in [1.165, 1.54) is 0 Å². The SMILES string of the molecule is Cc1cc(C=C2C(=O)ON=C2C(C)(C)C)c(C)n1-c1ccc(C(=O)O)cc1. The molecule has 0 saturated heterocycles. The smallest absolute Gasteiger partial charge is 0.367 e. The van der Waals surface area contributed by atoms with Gasteiger partial charge in [-0.15, -0.1) is 0 Å². The Balaban J connectivity index is 2.05. The van der Waals surface area contributed by atoms with Gasteiger partial charge in [-0.1, -0.05) is 25.9 Å². The van der Waals surface area contributed by atoms with Crippen LogP contribution in [0.2, 0.25) is 0 Å². The summed E-state index contributed by atoms with van der Waals surface area (Å²) in [6.07, 6.45) is 1.81. The van der Waals surface area contributed by atoms with Crippen molar-refractivity contribution in [2.75, 3.05) is 0 Å². The van der Waals surface area contributed by atoms with E-state index < -0.39 is 11.9 Å². The lowest BCUT2D eigenvalue weighted by Crippen LogP contribution is -2.21. The van der Waals surface area contributed by atoms with Crippen LogP contribution in [-0.4, -0.2) is 27.3 Å². The van der Waals surface area contributed by atoms with Gasteiger partial charge in [0.1, 0.15) is 5.71 Å². The Hall–Kier alpha value is -3.15. The molecule has 6 heteroatoms. The van der Waals surface area contributed by atoms with Crippen molar-refractivity contribution < 1.29 is 19.5 Å². The second kappa shape index (κ2) is 6.54. The first-order valence-electron chi connectivity index (χ1n) is 8.64. The third-order valence-electron chi connectivity index (χ3n) is 4.55. The number of aromatic nitrogens is 1. The molecule has 1 aliphatic heterocycles. The minimum Gasteiger partial charge on any atom is -0.478 e. The predicted molar refractivity (Wildman–Crippen MR) is 103 cm³/mol. The first kappa shape index (κ1) is 18.6. The van der Waals surface area contributed by atoms with Crippen LogP contribution in [0.5, 0.6) is 0 Å². The Morgan fingerprint density at radius 1 is 1.19 bits per heavy atom. The number of carbonyl (C=O) groups excluding carboxylic acids is 1. The number of hydrogen-bond donors (Lipinski definition) is 1. The van der Waals surface area contributed by atoms with Gasteiger partial charge in [0.2, 0.25) is 0 Å². The number of carboxylic acids is 1. The zero-order valence-corrected chi connectivity index (χ0v) is 16.0. The predicted octanol–water partition coefficient (Wildman–Crippen LogP) is 4.13. The number of hydrogen-bond acceptors (Lipinski definition) is 4. The number of aryl methyl sites for hydroxylation is 1. The van der Waals surface area contributed by atoms with Crippen LogP contribution in [-0.2, 0) is 9.63 Å². The van der Waals surface area contributed by atoms with E-state index in [0.29, 0.717) is 11.3 Å². The van der Waals surface area contributed by atoms with Crippen LogP contribution in [0.4, 0.5) is 0 Å². The van der Waals surface area contributed by atoms with E-state index >= 15 is 0 Å². The molecule has 1 aromatic carbocycles. The van der Waals surface area contributed by atoms with Crippen LogP contribution in [0.15, 0.2) is 41.1 Å². The van der Waals surface area contributed by atoms with Crippen molar-refractivity contribution in [3.63, 3.8) is 0 Å². The molecule has 0 amide bonds. The fourth-order valence-corrected chi connectivity index (χ4v) is 3.19. The van der Waals surface area contributed by atoms with E-state index in [9.17, 15) is 9.59 Å². The van der Waals surface area contributed by atoms with E-state index in [4.69, 9.17) is 9.94 Å². The molecule has 2 heterocycles. The topological polar surface area (TPSA) is 80.9 Å². The highest BCUT2D eigenvalue weighted by Crippen LogP contribution is 2.30. The summed E-state index contributed by atoms with van der Waals surface area (Å²) in [7, 11) is 0. The minimum atomic E-state index is -0.957. The molecule has 0 spiro atoms. The molecule has 27 heavy (non-hydrogen) atoms. The van der Waals surface area contributed by atoms with Crippen LogP contribution in [0.25, 0.3) is 11.8 Å². The van der Waals surface area contributed by atoms with Crippen molar-refractivity contribution in [3.05, 3.63) is 58.4 Å². The zero-order valence-electron chi connectivity index (χ0n) is 16.0. The maximum Gasteiger partial charge on any atom is 0.367 e. The summed E-state index contributed by atoms with van der Waals surface area (Å²) in [6, 6.07) is 8.68. The molecule has 1 N–H and O–H groups in total. The van der Waals surface area contributed by atoms with Crippen molar-refractivity contribution in [2.45, 2.75) is 34.6 Å². The van der Waals surface area contributed by atoms with Crippen LogP contribution in [0.1, 0.15) is 48.1 Å². The first-order valence-corrected chi connectivity index (χ1v) is 8.64. The van der Waals surface area contributed by atoms with Gasteiger partial charge in [0.25, 0.3) is 0 Å². The average Bonchev–Trinajstić information content (AvgIpc) is 3.08. The number of carboxylic acid groups (broad SMARTS) is 1. The van der Waals surface area contributed by atoms with Gasteiger partial charge >= 0.3 is 11.9 Å². The monoisotopic (exact) mass is 366 g/mol. The van der Waals surface area contributed by atoms with Gasteiger partial charge in [-0.3, -0.25) is 0 Å². The van der Waals surface area contributed by atoms with Crippen LogP contribution < -0.4 is 0 Å². The molecule has 1 aromatic heterocycles. The maximum absolute atomic E-state index is 12.1. The quantitative estimate of drug-likeness (QED) is 0.654. The third kappa shape index (κ3) is 3.43. The molecule has 6 nitrogen and oxygen atoms in total. The van der Waals surface area contributed by atoms with Gasteiger partial charge in [0.05, 0.1) is 11.1 Å². The second-order valence-electron chi connectivity index (χ2n) is 7.64. The summed E-state index contributed by atoms with van der Waals surface area (Å²) < 4.78 is 2.02. The summed E-state index contributed by atoms with van der Waals surface area (Å²) >= 11 is 0. The van der Waals surface area contributed by atoms with E-state index in [1.54, 1.807) is 24.3 Å². The normalized spacial score (nSPS) is 15.8. The molecule has 140 valence electrons. The molecule has 0 unspecified atom stereocenters. The van der Waals surface area contributed by atoms with Crippen LogP contribution in [0, 0.1) is 19.3 Å². The van der Waals surface area contributed by atoms with Gasteiger partial charge in [-0.05, 0) is 55.8 Å². The molecular formula is C21H22N2O4. The first-order chi connectivity index (χ1) is 12.6. The van der Waals surface area contributed by atoms with Gasteiger partial charge in [-0.2, -0.15) is 0 Å². The third-order valence-corrected chi connectivity index (χ3v) is 4.55. The minimum absolute atomic E-state index is 0.239. The number of oxime groups is 1. The van der Waals surface area contributed by atoms with Crippen molar-refractivity contribution >= 4 is 23.7 Å². The van der Waals surface area contributed by atoms with Crippen LogP contribution >= 0.6 is 0 Å². The number of rotatable bonds is 3. The second-order valence-corrected chi connectivity index (χ2v) is 7.64. The highest BCUT2D eigenvalue weighted by molar-refractivity contribution is 6.26. The zero-order chi connectivity index (χ0) is 19.9. The highest BCUT2D eigenvalue weighted by atomic mass is 16.7. The fraction of sp³-hybridized carbons (Fsp3) is 0.286. The maximum atomic E-state index is 12.1. The van der Waals surface area contributed by atoms with E-state index in [-0.39, 0.29) is 11.0 Å². The van der Waals surface area contributed by atoms with E-state index in [0.717, 1.165) is 22.6 Å². The van der Waals surface area contributed by atoms with Crippen LogP contribution in [0.3, 0.4) is 0 Å². The molecule has 0 fully saturated rings. The Labute approximate surface area is 157 Å². The fourth-order valence-electron chi connectivity index (χ4n) is 3.19. The van der Waals surface area contributed by atoms with Gasteiger partial charge in [0, 0.05) is 22.5 Å². The van der Waals surface area contributed by atoms with Gasteiger partial charge in [-0.25, -0.2) is 9.59 Å². The number of carbonyl (C=O) groups is 2. The summed E-state index contributed by atoms with van der Waals surface area (Å²) in [5.41, 5.74) is 4.68. The highest BCUT2D eigenvalue weighted by Gasteiger charge is 2.34. The molecule has 2 aromatic rings. The molecule has 3 rings (SSSR count). The lowest BCUT2D eigenvalue weighted by atomic mass is 9.85. The van der Waals surface area contributed by atoms with Crippen molar-refractivity contribution in [1.82, 2.24) is 4.57 Å². The number of nitrogens with zero attached hydrogens (tertiary/aromatic N) is 2. The molecule has 0 atom stereocenters. The van der Waals surface area contributed by atoms with Gasteiger partial charge < -0.3 is 14.5 Å². The lowest BCUT2D eigenvalue weighted by Gasteiger charge is -2.16. The summed E-state index contributed by atoms with van der Waals surface area (Å²) in [5, 5.41) is 13.0. The van der Waals surface area contributed by atoms with Crippen molar-refractivity contribution in [3.8, 4) is 5.69 Å². The molecular weight excluding hydrogens is 344 g/mol. The lowest BCUT2D eigenvalue weighted by molar-refractivity contribution is -0.136.